The molecular formula is C20H34O3Si. The third-order valence-corrected chi connectivity index (χ3v) is 5.03. The molecule has 0 fully saturated rings. The predicted molar refractivity (Wildman–Crippen MR) is 104 cm³/mol. The molecule has 0 saturated carbocycles. The Kier molecular flexibility index (Phi) is 7.71. The van der Waals surface area contributed by atoms with E-state index in [0.29, 0.717) is 12.3 Å². The van der Waals surface area contributed by atoms with Crippen LogP contribution in [-0.4, -0.2) is 28.3 Å². The molecule has 1 unspecified atom stereocenters. The maximum absolute atomic E-state index is 6.33. The lowest BCUT2D eigenvalue weighted by Gasteiger charge is -2.28. The Hall–Kier alpha value is -1.10. The Labute approximate surface area is 149 Å². The lowest BCUT2D eigenvalue weighted by atomic mass is 9.95. The normalized spacial score (nSPS) is 14.6. The van der Waals surface area contributed by atoms with Crippen molar-refractivity contribution in [3.8, 4) is 0 Å². The van der Waals surface area contributed by atoms with E-state index in [1.165, 1.54) is 11.1 Å². The van der Waals surface area contributed by atoms with Gasteiger partial charge in [0.1, 0.15) is 0 Å². The van der Waals surface area contributed by atoms with E-state index in [0.717, 1.165) is 12.2 Å². The van der Waals surface area contributed by atoms with E-state index in [2.05, 4.69) is 63.8 Å². The van der Waals surface area contributed by atoms with Crippen molar-refractivity contribution in [2.24, 2.45) is 0 Å². The van der Waals surface area contributed by atoms with Gasteiger partial charge in [0.05, 0.1) is 5.76 Å². The zero-order chi connectivity index (χ0) is 18.4. The summed E-state index contributed by atoms with van der Waals surface area (Å²) in [4.78, 5) is 0. The van der Waals surface area contributed by atoms with Gasteiger partial charge in [0.15, 0.2) is 5.79 Å². The lowest BCUT2D eigenvalue weighted by Crippen LogP contribution is -2.29. The van der Waals surface area contributed by atoms with Crippen LogP contribution >= 0.6 is 0 Å². The SMILES string of the molecule is COC(C)(CC=C(CC(C)c1ccc(C)cc1)O[Si](C)(C)C)OC. The largest absolute Gasteiger partial charge is 0.548 e. The van der Waals surface area contributed by atoms with Crippen molar-refractivity contribution in [3.63, 3.8) is 0 Å². The summed E-state index contributed by atoms with van der Waals surface area (Å²) in [6.45, 7) is 12.9. The van der Waals surface area contributed by atoms with Crippen LogP contribution in [-0.2, 0) is 13.9 Å². The van der Waals surface area contributed by atoms with Gasteiger partial charge in [0, 0.05) is 27.1 Å². The first-order valence-corrected chi connectivity index (χ1v) is 12.0. The van der Waals surface area contributed by atoms with Gasteiger partial charge >= 0.3 is 0 Å². The van der Waals surface area contributed by atoms with Crippen LogP contribution in [0.1, 0.15) is 43.7 Å². The fourth-order valence-corrected chi connectivity index (χ4v) is 3.38. The fraction of sp³-hybridized carbons (Fsp3) is 0.600. The van der Waals surface area contributed by atoms with Gasteiger partial charge in [-0.25, -0.2) is 0 Å². The minimum atomic E-state index is -1.66. The fourth-order valence-electron chi connectivity index (χ4n) is 2.42. The van der Waals surface area contributed by atoms with E-state index in [-0.39, 0.29) is 0 Å². The van der Waals surface area contributed by atoms with E-state index in [1.54, 1.807) is 14.2 Å². The molecule has 0 saturated heterocycles. The number of aryl methyl sites for hydroxylation is 1. The summed E-state index contributed by atoms with van der Waals surface area (Å²) in [5, 5.41) is 0. The van der Waals surface area contributed by atoms with Gasteiger partial charge in [-0.2, -0.15) is 0 Å². The number of ether oxygens (including phenoxy) is 2. The molecule has 0 heterocycles. The van der Waals surface area contributed by atoms with Crippen LogP contribution in [0, 0.1) is 6.92 Å². The van der Waals surface area contributed by atoms with Crippen molar-refractivity contribution < 1.29 is 13.9 Å². The third kappa shape index (κ3) is 7.20. The molecule has 0 aliphatic rings. The summed E-state index contributed by atoms with van der Waals surface area (Å²) in [6.07, 6.45) is 3.69. The van der Waals surface area contributed by atoms with Crippen molar-refractivity contribution in [1.29, 1.82) is 0 Å². The summed E-state index contributed by atoms with van der Waals surface area (Å²) in [5.41, 5.74) is 2.63. The number of hydrogen-bond donors (Lipinski definition) is 0. The molecule has 0 amide bonds. The van der Waals surface area contributed by atoms with E-state index < -0.39 is 14.1 Å². The maximum atomic E-state index is 6.33. The molecule has 0 bridgehead atoms. The van der Waals surface area contributed by atoms with E-state index in [9.17, 15) is 0 Å². The molecular weight excluding hydrogens is 316 g/mol. The standard InChI is InChI=1S/C20H34O3Si/c1-16-9-11-18(12-10-16)17(2)15-19(23-24(6,7)8)13-14-20(3,21-4)22-5/h9-13,17H,14-15H2,1-8H3. The number of allylic oxidation sites excluding steroid dienone is 1. The highest BCUT2D eigenvalue weighted by Crippen LogP contribution is 2.28. The summed E-state index contributed by atoms with van der Waals surface area (Å²) in [7, 11) is 1.68. The van der Waals surface area contributed by atoms with Crippen molar-refractivity contribution in [2.75, 3.05) is 14.2 Å². The van der Waals surface area contributed by atoms with Crippen molar-refractivity contribution in [3.05, 3.63) is 47.2 Å². The molecule has 0 N–H and O–H groups in total. The van der Waals surface area contributed by atoms with Crippen LogP contribution in [0.15, 0.2) is 36.1 Å². The lowest BCUT2D eigenvalue weighted by molar-refractivity contribution is -0.190. The maximum Gasteiger partial charge on any atom is 0.241 e. The predicted octanol–water partition coefficient (Wildman–Crippen LogP) is 5.62. The Bertz CT molecular complexity index is 525. The van der Waals surface area contributed by atoms with Crippen molar-refractivity contribution >= 4 is 8.32 Å². The molecule has 0 spiro atoms. The summed E-state index contributed by atoms with van der Waals surface area (Å²) >= 11 is 0. The van der Waals surface area contributed by atoms with E-state index in [4.69, 9.17) is 13.9 Å². The quantitative estimate of drug-likeness (QED) is 0.328. The Morgan fingerprint density at radius 1 is 1.12 bits per heavy atom. The molecule has 0 radical (unpaired) electrons. The van der Waals surface area contributed by atoms with Crippen molar-refractivity contribution in [2.45, 2.75) is 65.0 Å². The Morgan fingerprint density at radius 3 is 2.12 bits per heavy atom. The molecule has 1 aromatic carbocycles. The van der Waals surface area contributed by atoms with E-state index in [1.807, 2.05) is 6.92 Å². The Balaban J connectivity index is 2.91. The highest BCUT2D eigenvalue weighted by atomic mass is 28.4. The molecule has 24 heavy (non-hydrogen) atoms. The molecule has 0 aromatic heterocycles. The molecule has 3 nitrogen and oxygen atoms in total. The molecule has 0 aliphatic heterocycles. The van der Waals surface area contributed by atoms with Crippen LogP contribution in [0.4, 0.5) is 0 Å². The van der Waals surface area contributed by atoms with Crippen LogP contribution in [0.5, 0.6) is 0 Å². The second kappa shape index (κ2) is 8.84. The number of hydrogen-bond acceptors (Lipinski definition) is 3. The van der Waals surface area contributed by atoms with Crippen molar-refractivity contribution in [1.82, 2.24) is 0 Å². The minimum Gasteiger partial charge on any atom is -0.548 e. The monoisotopic (exact) mass is 350 g/mol. The first-order valence-electron chi connectivity index (χ1n) is 8.63. The van der Waals surface area contributed by atoms with Crippen LogP contribution < -0.4 is 0 Å². The summed E-state index contributed by atoms with van der Waals surface area (Å²) in [6, 6.07) is 8.75. The molecule has 1 rings (SSSR count). The Morgan fingerprint density at radius 2 is 1.67 bits per heavy atom. The third-order valence-electron chi connectivity index (χ3n) is 4.16. The second-order valence-corrected chi connectivity index (χ2v) is 12.1. The zero-order valence-corrected chi connectivity index (χ0v) is 17.6. The van der Waals surface area contributed by atoms with Crippen LogP contribution in [0.3, 0.4) is 0 Å². The topological polar surface area (TPSA) is 27.7 Å². The van der Waals surface area contributed by atoms with Gasteiger partial charge in [-0.05, 0) is 51.0 Å². The summed E-state index contributed by atoms with van der Waals surface area (Å²) < 4.78 is 17.2. The molecule has 4 heteroatoms. The van der Waals surface area contributed by atoms with Gasteiger partial charge < -0.3 is 13.9 Å². The zero-order valence-electron chi connectivity index (χ0n) is 16.6. The average molecular weight is 351 g/mol. The first-order chi connectivity index (χ1) is 11.1. The molecule has 1 aromatic rings. The number of rotatable bonds is 9. The van der Waals surface area contributed by atoms with Gasteiger partial charge in [0.2, 0.25) is 8.32 Å². The average Bonchev–Trinajstić information content (AvgIpc) is 2.51. The van der Waals surface area contributed by atoms with E-state index >= 15 is 0 Å². The van der Waals surface area contributed by atoms with Gasteiger partial charge in [0.25, 0.3) is 0 Å². The molecule has 0 aliphatic carbocycles. The van der Waals surface area contributed by atoms with Crippen LogP contribution in [0.2, 0.25) is 19.6 Å². The van der Waals surface area contributed by atoms with Gasteiger partial charge in [-0.15, -0.1) is 0 Å². The van der Waals surface area contributed by atoms with Crippen LogP contribution in [0.25, 0.3) is 0 Å². The molecule has 136 valence electrons. The second-order valence-electron chi connectivity index (χ2n) is 7.65. The summed E-state index contributed by atoms with van der Waals surface area (Å²) in [5.74, 6) is 0.841. The number of benzene rings is 1. The number of methoxy groups -OCH3 is 2. The first kappa shape index (κ1) is 20.9. The smallest absolute Gasteiger partial charge is 0.241 e. The highest BCUT2D eigenvalue weighted by molar-refractivity contribution is 6.70. The minimum absolute atomic E-state index is 0.407. The molecule has 1 atom stereocenters. The van der Waals surface area contributed by atoms with Gasteiger partial charge in [-0.3, -0.25) is 0 Å². The van der Waals surface area contributed by atoms with Gasteiger partial charge in [-0.1, -0.05) is 36.8 Å². The highest BCUT2D eigenvalue weighted by Gasteiger charge is 2.24.